The van der Waals surface area contributed by atoms with Gasteiger partial charge in [-0.1, -0.05) is 13.8 Å². The van der Waals surface area contributed by atoms with Crippen molar-refractivity contribution in [3.05, 3.63) is 28.2 Å². The molecule has 0 aliphatic rings. The minimum atomic E-state index is -0.113. The molecule has 0 saturated carbocycles. The quantitative estimate of drug-likeness (QED) is 0.702. The molecule has 0 bridgehead atoms. The maximum Gasteiger partial charge on any atom is 0.251 e. The summed E-state index contributed by atoms with van der Waals surface area (Å²) in [6.07, 6.45) is 1.62. The summed E-state index contributed by atoms with van der Waals surface area (Å²) in [6.45, 7) is 4.90. The molecule has 0 aromatic heterocycles. The summed E-state index contributed by atoms with van der Waals surface area (Å²) in [5.74, 6) is -0.113. The normalized spacial score (nSPS) is 11.4. The van der Waals surface area contributed by atoms with Crippen LogP contribution in [0.4, 0.5) is 5.69 Å². The van der Waals surface area contributed by atoms with Crippen molar-refractivity contribution in [3.63, 3.8) is 0 Å². The number of hydrogen-bond acceptors (Lipinski definition) is 3. The fourth-order valence-corrected chi connectivity index (χ4v) is 2.11. The number of rotatable bonds is 6. The van der Waals surface area contributed by atoms with E-state index in [1.54, 1.807) is 18.2 Å². The van der Waals surface area contributed by atoms with E-state index in [0.29, 0.717) is 17.8 Å². The average molecular weight is 329 g/mol. The summed E-state index contributed by atoms with van der Waals surface area (Å²) >= 11 is 3.31. The second-order valence-electron chi connectivity index (χ2n) is 5.41. The van der Waals surface area contributed by atoms with Crippen LogP contribution in [0, 0.1) is 5.41 Å². The lowest BCUT2D eigenvalue weighted by atomic mass is 9.88. The molecule has 0 aliphatic heterocycles. The molecule has 1 aromatic carbocycles. The van der Waals surface area contributed by atoms with E-state index in [9.17, 15) is 4.79 Å². The van der Waals surface area contributed by atoms with Crippen molar-refractivity contribution in [1.82, 2.24) is 5.32 Å². The summed E-state index contributed by atoms with van der Waals surface area (Å²) < 4.78 is 0.722. The van der Waals surface area contributed by atoms with Gasteiger partial charge in [0.15, 0.2) is 0 Å². The molecule has 5 heteroatoms. The topological polar surface area (TPSA) is 75.3 Å². The van der Waals surface area contributed by atoms with Crippen LogP contribution in [0.2, 0.25) is 0 Å². The Hall–Kier alpha value is -1.07. The van der Waals surface area contributed by atoms with Crippen molar-refractivity contribution in [3.8, 4) is 0 Å². The summed E-state index contributed by atoms with van der Waals surface area (Å²) in [6, 6.07) is 5.12. The van der Waals surface area contributed by atoms with Crippen LogP contribution in [0.3, 0.4) is 0 Å². The van der Waals surface area contributed by atoms with Crippen molar-refractivity contribution in [2.75, 3.05) is 18.9 Å². The average Bonchev–Trinajstić information content (AvgIpc) is 2.37. The summed E-state index contributed by atoms with van der Waals surface area (Å²) in [5.41, 5.74) is 6.85. The van der Waals surface area contributed by atoms with E-state index in [0.717, 1.165) is 17.3 Å². The number of nitrogen functional groups attached to an aromatic ring is 1. The lowest BCUT2D eigenvalue weighted by molar-refractivity contribution is 0.0933. The number of carbonyl (C=O) groups is 1. The molecule has 106 valence electrons. The molecule has 0 spiro atoms. The van der Waals surface area contributed by atoms with Gasteiger partial charge >= 0.3 is 0 Å². The SMILES string of the molecule is CC(C)(CCCO)CNC(=O)c1ccc(N)c(Br)c1. The zero-order valence-electron chi connectivity index (χ0n) is 11.4. The van der Waals surface area contributed by atoms with Crippen molar-refractivity contribution in [2.45, 2.75) is 26.7 Å². The molecule has 1 rings (SSSR count). The largest absolute Gasteiger partial charge is 0.398 e. The number of halogens is 1. The number of benzene rings is 1. The first-order valence-electron chi connectivity index (χ1n) is 6.30. The van der Waals surface area contributed by atoms with Gasteiger partial charge in [-0.15, -0.1) is 0 Å². The maximum absolute atomic E-state index is 12.0. The molecule has 0 unspecified atom stereocenters. The highest BCUT2D eigenvalue weighted by Gasteiger charge is 2.18. The lowest BCUT2D eigenvalue weighted by Crippen LogP contribution is -2.34. The predicted octanol–water partition coefficient (Wildman–Crippen LogP) is 2.56. The Labute approximate surface area is 122 Å². The molecule has 0 aliphatic carbocycles. The summed E-state index contributed by atoms with van der Waals surface area (Å²) in [4.78, 5) is 12.0. The number of hydrogen-bond donors (Lipinski definition) is 3. The van der Waals surface area contributed by atoms with E-state index in [2.05, 4.69) is 35.1 Å². The number of carbonyl (C=O) groups excluding carboxylic acids is 1. The van der Waals surface area contributed by atoms with E-state index in [4.69, 9.17) is 10.8 Å². The van der Waals surface area contributed by atoms with Gasteiger partial charge in [0.25, 0.3) is 5.91 Å². The molecule has 1 amide bonds. The van der Waals surface area contributed by atoms with Gasteiger partial charge in [0.2, 0.25) is 0 Å². The fourth-order valence-electron chi connectivity index (χ4n) is 1.74. The number of nitrogens with two attached hydrogens (primary N) is 1. The van der Waals surface area contributed by atoms with E-state index in [1.807, 2.05) is 0 Å². The van der Waals surface area contributed by atoms with Crippen LogP contribution < -0.4 is 11.1 Å². The fraction of sp³-hybridized carbons (Fsp3) is 0.500. The van der Waals surface area contributed by atoms with Gasteiger partial charge in [-0.05, 0) is 52.4 Å². The Morgan fingerprint density at radius 1 is 1.47 bits per heavy atom. The minimum absolute atomic E-state index is 0.0244. The highest BCUT2D eigenvalue weighted by Crippen LogP contribution is 2.22. The molecule has 0 fully saturated rings. The first kappa shape index (κ1) is 16.0. The third kappa shape index (κ3) is 5.20. The van der Waals surface area contributed by atoms with Gasteiger partial charge < -0.3 is 16.2 Å². The Kier molecular flexibility index (Phi) is 5.82. The highest BCUT2D eigenvalue weighted by molar-refractivity contribution is 9.10. The Balaban J connectivity index is 2.57. The van der Waals surface area contributed by atoms with Crippen LogP contribution in [0.5, 0.6) is 0 Å². The first-order chi connectivity index (χ1) is 8.85. The monoisotopic (exact) mass is 328 g/mol. The summed E-state index contributed by atoms with van der Waals surface area (Å²) in [7, 11) is 0. The predicted molar refractivity (Wildman–Crippen MR) is 81.0 cm³/mol. The van der Waals surface area contributed by atoms with Crippen molar-refractivity contribution in [2.24, 2.45) is 5.41 Å². The van der Waals surface area contributed by atoms with Gasteiger partial charge in [0.05, 0.1) is 0 Å². The molecule has 0 saturated heterocycles. The Morgan fingerprint density at radius 3 is 2.74 bits per heavy atom. The first-order valence-corrected chi connectivity index (χ1v) is 7.09. The smallest absolute Gasteiger partial charge is 0.251 e. The molecular weight excluding hydrogens is 308 g/mol. The van der Waals surface area contributed by atoms with Crippen molar-refractivity contribution >= 4 is 27.5 Å². The van der Waals surface area contributed by atoms with E-state index in [1.165, 1.54) is 0 Å². The number of aliphatic hydroxyl groups excluding tert-OH is 1. The van der Waals surface area contributed by atoms with Gasteiger partial charge in [-0.3, -0.25) is 4.79 Å². The maximum atomic E-state index is 12.0. The van der Waals surface area contributed by atoms with Gasteiger partial charge in [0.1, 0.15) is 0 Å². The molecule has 0 heterocycles. The van der Waals surface area contributed by atoms with Crippen LogP contribution in [-0.4, -0.2) is 24.2 Å². The molecule has 1 aromatic rings. The number of aliphatic hydroxyl groups is 1. The molecule has 4 N–H and O–H groups in total. The van der Waals surface area contributed by atoms with E-state index < -0.39 is 0 Å². The van der Waals surface area contributed by atoms with Gasteiger partial charge in [-0.25, -0.2) is 0 Å². The molecule has 0 atom stereocenters. The van der Waals surface area contributed by atoms with Crippen LogP contribution in [0.25, 0.3) is 0 Å². The van der Waals surface area contributed by atoms with Crippen LogP contribution in [0.1, 0.15) is 37.0 Å². The second kappa shape index (κ2) is 6.91. The van der Waals surface area contributed by atoms with Crippen molar-refractivity contribution in [1.29, 1.82) is 0 Å². The van der Waals surface area contributed by atoms with Crippen LogP contribution in [0.15, 0.2) is 22.7 Å². The van der Waals surface area contributed by atoms with E-state index in [-0.39, 0.29) is 17.9 Å². The second-order valence-corrected chi connectivity index (χ2v) is 6.26. The zero-order chi connectivity index (χ0) is 14.5. The molecular formula is C14H21BrN2O2. The van der Waals surface area contributed by atoms with Crippen molar-refractivity contribution < 1.29 is 9.90 Å². The Bertz CT molecular complexity index is 447. The van der Waals surface area contributed by atoms with E-state index >= 15 is 0 Å². The standard InChI is InChI=1S/C14H21BrN2O2/c1-14(2,6-3-7-18)9-17-13(19)10-4-5-12(16)11(15)8-10/h4-5,8,18H,3,6-7,9,16H2,1-2H3,(H,17,19). The molecule has 4 nitrogen and oxygen atoms in total. The lowest BCUT2D eigenvalue weighted by Gasteiger charge is -2.24. The third-order valence-electron chi connectivity index (χ3n) is 3.00. The van der Waals surface area contributed by atoms with Crippen LogP contribution >= 0.6 is 15.9 Å². The number of anilines is 1. The van der Waals surface area contributed by atoms with Crippen LogP contribution in [-0.2, 0) is 0 Å². The minimum Gasteiger partial charge on any atom is -0.398 e. The zero-order valence-corrected chi connectivity index (χ0v) is 13.0. The molecule has 19 heavy (non-hydrogen) atoms. The summed E-state index contributed by atoms with van der Waals surface area (Å²) in [5, 5.41) is 11.7. The highest BCUT2D eigenvalue weighted by atomic mass is 79.9. The Morgan fingerprint density at radius 2 is 2.16 bits per heavy atom. The third-order valence-corrected chi connectivity index (χ3v) is 3.69. The van der Waals surface area contributed by atoms with Gasteiger partial charge in [0, 0.05) is 28.9 Å². The number of nitrogens with one attached hydrogen (secondary N) is 1. The van der Waals surface area contributed by atoms with Gasteiger partial charge in [-0.2, -0.15) is 0 Å². The number of amides is 1. The molecule has 0 radical (unpaired) electrons.